The minimum absolute atomic E-state index is 0.976. The number of hydrogen-bond donors (Lipinski definition) is 1. The lowest BCUT2D eigenvalue weighted by atomic mass is 10.2. The van der Waals surface area contributed by atoms with Crippen molar-refractivity contribution in [3.05, 3.63) is 24.3 Å². The lowest BCUT2D eigenvalue weighted by Gasteiger charge is -2.15. The molecular weight excluding hydrogens is 186 g/mol. The summed E-state index contributed by atoms with van der Waals surface area (Å²) < 4.78 is 0. The van der Waals surface area contributed by atoms with Gasteiger partial charge in [-0.25, -0.2) is 0 Å². The first kappa shape index (κ1) is 11.9. The van der Waals surface area contributed by atoms with E-state index in [4.69, 9.17) is 0 Å². The first-order chi connectivity index (χ1) is 7.09. The molecule has 0 saturated heterocycles. The number of likely N-dealkylation sites (N-methyl/N-ethyl adjacent to an activating group) is 1. The summed E-state index contributed by atoms with van der Waals surface area (Å²) in [6.07, 6.45) is 0. The molecule has 0 saturated carbocycles. The molecule has 0 atom stereocenters. The van der Waals surface area contributed by atoms with Gasteiger partial charge in [0.05, 0.1) is 0 Å². The Labute approximate surface area is 92.7 Å². The van der Waals surface area contributed by atoms with E-state index >= 15 is 0 Å². The smallest absolute Gasteiger partial charge is 0.0381 e. The first-order valence-electron chi connectivity index (χ1n) is 5.25. The van der Waals surface area contributed by atoms with Crippen molar-refractivity contribution in [3.8, 4) is 0 Å². The number of nitrogens with zero attached hydrogens (tertiary/aromatic N) is 2. The molecule has 0 spiro atoms. The molecule has 0 bridgehead atoms. The van der Waals surface area contributed by atoms with Gasteiger partial charge in [-0.1, -0.05) is 6.07 Å². The summed E-state index contributed by atoms with van der Waals surface area (Å²) in [6, 6.07) is 8.45. The molecule has 15 heavy (non-hydrogen) atoms. The Balaban J connectivity index is 2.50. The van der Waals surface area contributed by atoms with E-state index < -0.39 is 0 Å². The van der Waals surface area contributed by atoms with Gasteiger partial charge in [-0.3, -0.25) is 0 Å². The van der Waals surface area contributed by atoms with Gasteiger partial charge in [0.15, 0.2) is 0 Å². The molecule has 1 N–H and O–H groups in total. The predicted octanol–water partition coefficient (Wildman–Crippen LogP) is 1.73. The van der Waals surface area contributed by atoms with Crippen LogP contribution < -0.4 is 10.2 Å². The number of benzene rings is 1. The summed E-state index contributed by atoms with van der Waals surface area (Å²) in [5, 5.41) is 3.40. The predicted molar refractivity (Wildman–Crippen MR) is 67.8 cm³/mol. The molecule has 0 fully saturated rings. The van der Waals surface area contributed by atoms with Gasteiger partial charge in [0.1, 0.15) is 0 Å². The lowest BCUT2D eigenvalue weighted by Crippen LogP contribution is -2.20. The minimum atomic E-state index is 0.976. The zero-order valence-corrected chi connectivity index (χ0v) is 10.1. The average Bonchev–Trinajstić information content (AvgIpc) is 2.17. The van der Waals surface area contributed by atoms with Crippen LogP contribution >= 0.6 is 0 Å². The molecule has 1 rings (SSSR count). The van der Waals surface area contributed by atoms with E-state index in [1.165, 1.54) is 11.4 Å². The Bertz CT molecular complexity index is 295. The summed E-state index contributed by atoms with van der Waals surface area (Å²) in [6.45, 7) is 2.02. The van der Waals surface area contributed by atoms with Crippen molar-refractivity contribution in [3.63, 3.8) is 0 Å². The lowest BCUT2D eigenvalue weighted by molar-refractivity contribution is 0.425. The minimum Gasteiger partial charge on any atom is -0.384 e. The van der Waals surface area contributed by atoms with Crippen LogP contribution in [0.3, 0.4) is 0 Å². The van der Waals surface area contributed by atoms with E-state index in [-0.39, 0.29) is 0 Å². The quantitative estimate of drug-likeness (QED) is 0.793. The fourth-order valence-electron chi connectivity index (χ4n) is 1.32. The molecule has 0 radical (unpaired) electrons. The van der Waals surface area contributed by atoms with Crippen LogP contribution in [0.5, 0.6) is 0 Å². The maximum Gasteiger partial charge on any atom is 0.0381 e. The monoisotopic (exact) mass is 207 g/mol. The largest absolute Gasteiger partial charge is 0.384 e. The molecule has 0 heterocycles. The van der Waals surface area contributed by atoms with Crippen LogP contribution in [0.2, 0.25) is 0 Å². The van der Waals surface area contributed by atoms with Gasteiger partial charge in [-0.05, 0) is 32.3 Å². The Morgan fingerprint density at radius 1 is 1.13 bits per heavy atom. The van der Waals surface area contributed by atoms with Crippen LogP contribution in [0.25, 0.3) is 0 Å². The molecule has 3 nitrogen and oxygen atoms in total. The normalized spacial score (nSPS) is 10.5. The zero-order chi connectivity index (χ0) is 11.3. The fraction of sp³-hybridized carbons (Fsp3) is 0.500. The van der Waals surface area contributed by atoms with E-state index in [0.717, 1.165) is 13.1 Å². The van der Waals surface area contributed by atoms with Gasteiger partial charge in [-0.2, -0.15) is 0 Å². The van der Waals surface area contributed by atoms with Crippen molar-refractivity contribution in [1.82, 2.24) is 4.90 Å². The highest BCUT2D eigenvalue weighted by atomic mass is 15.1. The molecule has 0 unspecified atom stereocenters. The average molecular weight is 207 g/mol. The van der Waals surface area contributed by atoms with Crippen molar-refractivity contribution in [2.24, 2.45) is 0 Å². The van der Waals surface area contributed by atoms with E-state index in [1.807, 2.05) is 0 Å². The Hall–Kier alpha value is -1.22. The summed E-state index contributed by atoms with van der Waals surface area (Å²) >= 11 is 0. The molecule has 0 aromatic heterocycles. The summed E-state index contributed by atoms with van der Waals surface area (Å²) in [5.41, 5.74) is 2.41. The summed E-state index contributed by atoms with van der Waals surface area (Å²) in [4.78, 5) is 4.28. The Morgan fingerprint density at radius 2 is 1.87 bits per heavy atom. The number of nitrogens with one attached hydrogen (secondary N) is 1. The second kappa shape index (κ2) is 5.61. The van der Waals surface area contributed by atoms with Gasteiger partial charge in [0.25, 0.3) is 0 Å². The molecule has 0 aliphatic carbocycles. The van der Waals surface area contributed by atoms with Gasteiger partial charge in [0.2, 0.25) is 0 Å². The zero-order valence-electron chi connectivity index (χ0n) is 10.1. The molecule has 84 valence electrons. The van der Waals surface area contributed by atoms with Gasteiger partial charge < -0.3 is 15.1 Å². The van der Waals surface area contributed by atoms with Crippen LogP contribution in [0.4, 0.5) is 11.4 Å². The summed E-state index contributed by atoms with van der Waals surface area (Å²) in [5.74, 6) is 0. The van der Waals surface area contributed by atoms with Crippen molar-refractivity contribution in [2.75, 3.05) is 51.5 Å². The SMILES string of the molecule is CN(C)CCNc1cccc(N(C)C)c1. The van der Waals surface area contributed by atoms with E-state index in [0.29, 0.717) is 0 Å². The van der Waals surface area contributed by atoms with Gasteiger partial charge >= 0.3 is 0 Å². The molecule has 1 aromatic rings. The second-order valence-corrected chi connectivity index (χ2v) is 4.17. The van der Waals surface area contributed by atoms with Gasteiger partial charge in [-0.15, -0.1) is 0 Å². The van der Waals surface area contributed by atoms with E-state index in [1.54, 1.807) is 0 Å². The maximum absolute atomic E-state index is 3.40. The summed E-state index contributed by atoms with van der Waals surface area (Å²) in [7, 11) is 8.27. The third-order valence-electron chi connectivity index (χ3n) is 2.25. The molecule has 3 heteroatoms. The van der Waals surface area contributed by atoms with Gasteiger partial charge in [0, 0.05) is 38.6 Å². The molecule has 0 aliphatic rings. The number of hydrogen-bond acceptors (Lipinski definition) is 3. The van der Waals surface area contributed by atoms with E-state index in [9.17, 15) is 0 Å². The highest BCUT2D eigenvalue weighted by molar-refractivity contribution is 5.57. The van der Waals surface area contributed by atoms with Crippen molar-refractivity contribution >= 4 is 11.4 Å². The molecule has 0 amide bonds. The van der Waals surface area contributed by atoms with Crippen LogP contribution in [0.1, 0.15) is 0 Å². The van der Waals surface area contributed by atoms with Crippen molar-refractivity contribution < 1.29 is 0 Å². The second-order valence-electron chi connectivity index (χ2n) is 4.17. The standard InChI is InChI=1S/C12H21N3/c1-14(2)9-8-13-11-6-5-7-12(10-11)15(3)4/h5-7,10,13H,8-9H2,1-4H3. The van der Waals surface area contributed by atoms with Crippen molar-refractivity contribution in [2.45, 2.75) is 0 Å². The highest BCUT2D eigenvalue weighted by Crippen LogP contribution is 2.16. The molecule has 1 aromatic carbocycles. The van der Waals surface area contributed by atoms with E-state index in [2.05, 4.69) is 67.6 Å². The number of rotatable bonds is 5. The molecular formula is C12H21N3. The van der Waals surface area contributed by atoms with Crippen LogP contribution in [0.15, 0.2) is 24.3 Å². The third kappa shape index (κ3) is 4.21. The fourth-order valence-corrected chi connectivity index (χ4v) is 1.32. The molecule has 0 aliphatic heterocycles. The topological polar surface area (TPSA) is 18.5 Å². The third-order valence-corrected chi connectivity index (χ3v) is 2.25. The Kier molecular flexibility index (Phi) is 4.43. The first-order valence-corrected chi connectivity index (χ1v) is 5.25. The van der Waals surface area contributed by atoms with Crippen LogP contribution in [0, 0.1) is 0 Å². The van der Waals surface area contributed by atoms with Crippen LogP contribution in [-0.4, -0.2) is 46.2 Å². The number of anilines is 2. The Morgan fingerprint density at radius 3 is 2.47 bits per heavy atom. The van der Waals surface area contributed by atoms with Crippen molar-refractivity contribution in [1.29, 1.82) is 0 Å². The highest BCUT2D eigenvalue weighted by Gasteiger charge is 1.97. The van der Waals surface area contributed by atoms with Crippen LogP contribution in [-0.2, 0) is 0 Å². The maximum atomic E-state index is 3.40.